The highest BCUT2D eigenvalue weighted by atomic mass is 32.1. The van der Waals surface area contributed by atoms with Crippen molar-refractivity contribution < 1.29 is 0 Å². The van der Waals surface area contributed by atoms with Crippen LogP contribution in [0.15, 0.2) is 12.4 Å². The summed E-state index contributed by atoms with van der Waals surface area (Å²) in [6.45, 7) is 2.07. The van der Waals surface area contributed by atoms with Crippen LogP contribution in [0.25, 0.3) is 0 Å². The summed E-state index contributed by atoms with van der Waals surface area (Å²) in [5.41, 5.74) is 0. The second-order valence-corrected chi connectivity index (χ2v) is 3.39. The number of hydrogen-bond donors (Lipinski definition) is 1. The van der Waals surface area contributed by atoms with Gasteiger partial charge in [0.2, 0.25) is 0 Å². The summed E-state index contributed by atoms with van der Waals surface area (Å²) in [5.74, 6) is 1.10. The van der Waals surface area contributed by atoms with Gasteiger partial charge in [-0.15, -0.1) is 0 Å². The minimum atomic E-state index is 0.390. The van der Waals surface area contributed by atoms with E-state index in [0.717, 1.165) is 12.2 Å². The predicted molar refractivity (Wildman–Crippen MR) is 45.4 cm³/mol. The second kappa shape index (κ2) is 3.10. The van der Waals surface area contributed by atoms with E-state index in [9.17, 15) is 0 Å². The monoisotopic (exact) mass is 156 g/mol. The molecule has 0 radical (unpaired) electrons. The topological polar surface area (TPSA) is 17.8 Å². The van der Waals surface area contributed by atoms with Gasteiger partial charge in [0, 0.05) is 31.1 Å². The third-order valence-electron chi connectivity index (χ3n) is 1.40. The van der Waals surface area contributed by atoms with Crippen molar-refractivity contribution in [3.63, 3.8) is 0 Å². The Morgan fingerprint density at radius 3 is 2.90 bits per heavy atom. The summed E-state index contributed by atoms with van der Waals surface area (Å²) in [6.07, 6.45) is 4.70. The molecule has 10 heavy (non-hydrogen) atoms. The molecular weight excluding hydrogens is 144 g/mol. The molecule has 2 nitrogen and oxygen atoms in total. The van der Waals surface area contributed by atoms with Crippen molar-refractivity contribution >= 4 is 12.6 Å². The molecule has 1 aromatic heterocycles. The summed E-state index contributed by atoms with van der Waals surface area (Å²) >= 11 is 4.28. The molecule has 3 heteroatoms. The molecule has 0 amide bonds. The van der Waals surface area contributed by atoms with E-state index in [2.05, 4.69) is 24.5 Å². The maximum absolute atomic E-state index is 4.28. The van der Waals surface area contributed by atoms with Crippen molar-refractivity contribution in [2.75, 3.05) is 0 Å². The van der Waals surface area contributed by atoms with Crippen molar-refractivity contribution in [2.45, 2.75) is 18.6 Å². The van der Waals surface area contributed by atoms with Crippen LogP contribution in [0.2, 0.25) is 0 Å². The van der Waals surface area contributed by atoms with Crippen LogP contribution in [-0.2, 0) is 13.5 Å². The molecule has 1 atom stereocenters. The number of nitrogens with zero attached hydrogens (tertiary/aromatic N) is 2. The van der Waals surface area contributed by atoms with E-state index in [-0.39, 0.29) is 0 Å². The number of imidazole rings is 1. The molecule has 1 heterocycles. The van der Waals surface area contributed by atoms with E-state index in [4.69, 9.17) is 0 Å². The number of aryl methyl sites for hydroxylation is 1. The van der Waals surface area contributed by atoms with Crippen LogP contribution in [0.3, 0.4) is 0 Å². The fourth-order valence-electron chi connectivity index (χ4n) is 0.857. The number of hydrogen-bond acceptors (Lipinski definition) is 2. The number of rotatable bonds is 2. The van der Waals surface area contributed by atoms with E-state index >= 15 is 0 Å². The Balaban J connectivity index is 2.65. The van der Waals surface area contributed by atoms with Crippen LogP contribution >= 0.6 is 12.6 Å². The molecular formula is C7H12N2S. The lowest BCUT2D eigenvalue weighted by Gasteiger charge is -2.02. The maximum atomic E-state index is 4.28. The fraction of sp³-hybridized carbons (Fsp3) is 0.571. The molecule has 0 N–H and O–H groups in total. The van der Waals surface area contributed by atoms with Gasteiger partial charge in [0.25, 0.3) is 0 Å². The summed E-state index contributed by atoms with van der Waals surface area (Å²) < 4.78 is 2.02. The Morgan fingerprint density at radius 1 is 1.80 bits per heavy atom. The number of aromatic nitrogens is 2. The molecule has 0 saturated carbocycles. The first-order valence-corrected chi connectivity index (χ1v) is 3.86. The van der Waals surface area contributed by atoms with Gasteiger partial charge in [-0.25, -0.2) is 4.98 Å². The van der Waals surface area contributed by atoms with Crippen molar-refractivity contribution in [3.05, 3.63) is 18.2 Å². The van der Waals surface area contributed by atoms with Crippen LogP contribution < -0.4 is 0 Å². The SMILES string of the molecule is CC(S)Cc1nccn1C. The molecule has 1 rings (SSSR count). The highest BCUT2D eigenvalue weighted by molar-refractivity contribution is 7.80. The Kier molecular flexibility index (Phi) is 2.38. The molecule has 0 aliphatic carbocycles. The Morgan fingerprint density at radius 2 is 2.50 bits per heavy atom. The molecule has 0 fully saturated rings. The zero-order chi connectivity index (χ0) is 7.56. The highest BCUT2D eigenvalue weighted by Crippen LogP contribution is 2.03. The van der Waals surface area contributed by atoms with Crippen LogP contribution in [0.1, 0.15) is 12.7 Å². The summed E-state index contributed by atoms with van der Waals surface area (Å²) in [5, 5.41) is 0.390. The average molecular weight is 156 g/mol. The zero-order valence-electron chi connectivity index (χ0n) is 6.28. The minimum Gasteiger partial charge on any atom is -0.338 e. The van der Waals surface area contributed by atoms with Gasteiger partial charge in [0.1, 0.15) is 5.82 Å². The van der Waals surface area contributed by atoms with E-state index in [0.29, 0.717) is 5.25 Å². The van der Waals surface area contributed by atoms with Crippen molar-refractivity contribution in [1.29, 1.82) is 0 Å². The van der Waals surface area contributed by atoms with E-state index in [1.165, 1.54) is 0 Å². The van der Waals surface area contributed by atoms with Gasteiger partial charge in [-0.2, -0.15) is 12.6 Å². The minimum absolute atomic E-state index is 0.390. The second-order valence-electron chi connectivity index (χ2n) is 2.51. The van der Waals surface area contributed by atoms with Gasteiger partial charge in [-0.05, 0) is 0 Å². The first-order valence-electron chi connectivity index (χ1n) is 3.34. The third-order valence-corrected chi connectivity index (χ3v) is 1.58. The van der Waals surface area contributed by atoms with E-state index in [1.54, 1.807) is 0 Å². The largest absolute Gasteiger partial charge is 0.338 e. The lowest BCUT2D eigenvalue weighted by molar-refractivity contribution is 0.769. The highest BCUT2D eigenvalue weighted by Gasteiger charge is 2.01. The van der Waals surface area contributed by atoms with Gasteiger partial charge >= 0.3 is 0 Å². The van der Waals surface area contributed by atoms with Crippen LogP contribution in [0.5, 0.6) is 0 Å². The lowest BCUT2D eigenvalue weighted by Crippen LogP contribution is -2.03. The zero-order valence-corrected chi connectivity index (χ0v) is 7.18. The van der Waals surface area contributed by atoms with Gasteiger partial charge in [0.15, 0.2) is 0 Å². The molecule has 1 aromatic rings. The van der Waals surface area contributed by atoms with Crippen molar-refractivity contribution in [3.8, 4) is 0 Å². The molecule has 0 bridgehead atoms. The molecule has 0 aliphatic heterocycles. The van der Waals surface area contributed by atoms with Gasteiger partial charge in [-0.3, -0.25) is 0 Å². The average Bonchev–Trinajstić information content (AvgIpc) is 2.15. The van der Waals surface area contributed by atoms with Crippen LogP contribution in [0.4, 0.5) is 0 Å². The lowest BCUT2D eigenvalue weighted by atomic mass is 10.3. The Bertz CT molecular complexity index is 205. The third kappa shape index (κ3) is 1.77. The van der Waals surface area contributed by atoms with E-state index in [1.807, 2.05) is 24.0 Å². The molecule has 56 valence electrons. The summed E-state index contributed by atoms with van der Waals surface area (Å²) in [6, 6.07) is 0. The fourth-order valence-corrected chi connectivity index (χ4v) is 1.02. The quantitative estimate of drug-likeness (QED) is 0.639. The first-order chi connectivity index (χ1) is 4.70. The maximum Gasteiger partial charge on any atom is 0.109 e. The van der Waals surface area contributed by atoms with Crippen LogP contribution in [0, 0.1) is 0 Å². The standard InChI is InChI=1S/C7H12N2S/c1-6(10)5-7-8-3-4-9(7)2/h3-4,6,10H,5H2,1-2H3. The normalized spacial score (nSPS) is 13.5. The molecule has 0 spiro atoms. The molecule has 1 unspecified atom stereocenters. The smallest absolute Gasteiger partial charge is 0.109 e. The Labute approximate surface area is 66.7 Å². The predicted octanol–water partition coefficient (Wildman–Crippen LogP) is 1.28. The molecule has 0 saturated heterocycles. The summed E-state index contributed by atoms with van der Waals surface area (Å²) in [4.78, 5) is 4.17. The molecule has 0 aromatic carbocycles. The summed E-state index contributed by atoms with van der Waals surface area (Å²) in [7, 11) is 2.00. The number of thiol groups is 1. The molecule has 0 aliphatic rings. The van der Waals surface area contributed by atoms with Crippen molar-refractivity contribution in [1.82, 2.24) is 9.55 Å². The van der Waals surface area contributed by atoms with Crippen molar-refractivity contribution in [2.24, 2.45) is 7.05 Å². The Hall–Kier alpha value is -0.440. The van der Waals surface area contributed by atoms with E-state index < -0.39 is 0 Å². The van der Waals surface area contributed by atoms with Gasteiger partial charge < -0.3 is 4.57 Å². The van der Waals surface area contributed by atoms with Gasteiger partial charge in [0.05, 0.1) is 0 Å². The first kappa shape index (κ1) is 7.66. The van der Waals surface area contributed by atoms with Crippen LogP contribution in [-0.4, -0.2) is 14.8 Å². The van der Waals surface area contributed by atoms with Gasteiger partial charge in [-0.1, -0.05) is 6.92 Å².